The highest BCUT2D eigenvalue weighted by Crippen LogP contribution is 2.30. The molecule has 2 aromatic rings. The first-order chi connectivity index (χ1) is 10.2. The van der Waals surface area contributed by atoms with E-state index in [2.05, 4.69) is 15.6 Å². The Morgan fingerprint density at radius 2 is 2.05 bits per heavy atom. The monoisotopic (exact) mass is 357 g/mol. The average molecular weight is 358 g/mol. The molecule has 0 bridgehead atoms. The van der Waals surface area contributed by atoms with Gasteiger partial charge in [-0.05, 0) is 51.2 Å². The number of benzene rings is 1. The first-order valence-corrected chi connectivity index (χ1v) is 8.51. The third kappa shape index (κ3) is 6.36. The van der Waals surface area contributed by atoms with Gasteiger partial charge in [-0.2, -0.15) is 0 Å². The van der Waals surface area contributed by atoms with Crippen LogP contribution in [0.2, 0.25) is 0 Å². The van der Waals surface area contributed by atoms with Gasteiger partial charge in [-0.25, -0.2) is 4.98 Å². The van der Waals surface area contributed by atoms with Crippen molar-refractivity contribution < 1.29 is 4.79 Å². The van der Waals surface area contributed by atoms with Crippen LogP contribution < -0.4 is 10.6 Å². The van der Waals surface area contributed by atoms with Crippen molar-refractivity contribution in [2.75, 3.05) is 18.9 Å². The zero-order valence-electron chi connectivity index (χ0n) is 12.6. The molecule has 2 N–H and O–H groups in total. The minimum Gasteiger partial charge on any atom is -0.326 e. The van der Waals surface area contributed by atoms with E-state index in [-0.39, 0.29) is 18.3 Å². The summed E-state index contributed by atoms with van der Waals surface area (Å²) in [6.45, 7) is 2.85. The number of hydrogen-bond acceptors (Lipinski definition) is 5. The van der Waals surface area contributed by atoms with Crippen LogP contribution in [0.5, 0.6) is 0 Å². The second kappa shape index (κ2) is 9.84. The molecule has 1 aromatic carbocycles. The summed E-state index contributed by atoms with van der Waals surface area (Å²) in [4.78, 5) is 17.3. The van der Waals surface area contributed by atoms with E-state index >= 15 is 0 Å². The number of rotatable bonds is 7. The van der Waals surface area contributed by atoms with Crippen LogP contribution in [0.3, 0.4) is 0 Å². The summed E-state index contributed by atoms with van der Waals surface area (Å²) in [6.07, 6.45) is 1.38. The summed E-state index contributed by atoms with van der Waals surface area (Å²) in [5.74, 6) is 0.0567. The zero-order valence-corrected chi connectivity index (χ0v) is 15.0. The highest BCUT2D eigenvalue weighted by molar-refractivity contribution is 8.01. The lowest BCUT2D eigenvalue weighted by atomic mass is 10.2. The molecule has 1 amide bonds. The SMILES string of the molecule is CNCCCC(=O)Nc1ccc(Sc2nc(C)cs2)cc1.Cl. The maximum Gasteiger partial charge on any atom is 0.224 e. The van der Waals surface area contributed by atoms with Crippen molar-refractivity contribution in [3.63, 3.8) is 0 Å². The fourth-order valence-corrected chi connectivity index (χ4v) is 3.55. The molecule has 0 spiro atoms. The number of halogens is 1. The summed E-state index contributed by atoms with van der Waals surface area (Å²) in [6, 6.07) is 7.87. The Kier molecular flexibility index (Phi) is 8.48. The van der Waals surface area contributed by atoms with Crippen molar-refractivity contribution in [3.8, 4) is 0 Å². The largest absolute Gasteiger partial charge is 0.326 e. The molecule has 1 heterocycles. The van der Waals surface area contributed by atoms with E-state index in [0.717, 1.165) is 33.6 Å². The molecule has 0 aliphatic heterocycles. The summed E-state index contributed by atoms with van der Waals surface area (Å²) >= 11 is 3.29. The Morgan fingerprint density at radius 3 is 2.64 bits per heavy atom. The Bertz CT molecular complexity index is 587. The number of nitrogens with zero attached hydrogens (tertiary/aromatic N) is 1. The smallest absolute Gasteiger partial charge is 0.224 e. The predicted molar refractivity (Wildman–Crippen MR) is 96.5 cm³/mol. The van der Waals surface area contributed by atoms with Gasteiger partial charge in [0.05, 0.1) is 0 Å². The van der Waals surface area contributed by atoms with Gasteiger partial charge in [0.25, 0.3) is 0 Å². The van der Waals surface area contributed by atoms with Crippen molar-refractivity contribution in [1.82, 2.24) is 10.3 Å². The van der Waals surface area contributed by atoms with Crippen molar-refractivity contribution in [2.45, 2.75) is 29.0 Å². The molecule has 0 saturated carbocycles. The van der Waals surface area contributed by atoms with Crippen molar-refractivity contribution >= 4 is 47.1 Å². The molecular weight excluding hydrogens is 338 g/mol. The van der Waals surface area contributed by atoms with Crippen LogP contribution in [0.1, 0.15) is 18.5 Å². The molecule has 1 aromatic heterocycles. The van der Waals surface area contributed by atoms with Crippen molar-refractivity contribution in [1.29, 1.82) is 0 Å². The fraction of sp³-hybridized carbons (Fsp3) is 0.333. The lowest BCUT2D eigenvalue weighted by Crippen LogP contribution is -2.15. The maximum atomic E-state index is 11.7. The molecular formula is C15H20ClN3OS2. The minimum absolute atomic E-state index is 0. The van der Waals surface area contributed by atoms with Gasteiger partial charge >= 0.3 is 0 Å². The van der Waals surface area contributed by atoms with E-state index in [1.165, 1.54) is 0 Å². The lowest BCUT2D eigenvalue weighted by molar-refractivity contribution is -0.116. The van der Waals surface area contributed by atoms with Crippen molar-refractivity contribution in [2.24, 2.45) is 0 Å². The van der Waals surface area contributed by atoms with Crippen LogP contribution in [0.25, 0.3) is 0 Å². The maximum absolute atomic E-state index is 11.7. The summed E-state index contributed by atoms with van der Waals surface area (Å²) in [7, 11) is 1.89. The molecule has 0 atom stereocenters. The van der Waals surface area contributed by atoms with Gasteiger partial charge in [0, 0.05) is 28.1 Å². The predicted octanol–water partition coefficient (Wildman–Crippen LogP) is 3.96. The number of carbonyl (C=O) groups excluding carboxylic acids is 1. The standard InChI is InChI=1S/C15H19N3OS2.ClH/c1-11-10-20-15(17-11)21-13-7-5-12(6-8-13)18-14(19)4-3-9-16-2;/h5-8,10,16H,3-4,9H2,1-2H3,(H,18,19);1H. The van der Waals surface area contributed by atoms with E-state index in [0.29, 0.717) is 6.42 Å². The van der Waals surface area contributed by atoms with E-state index in [1.807, 2.05) is 43.6 Å². The van der Waals surface area contributed by atoms with E-state index in [9.17, 15) is 4.79 Å². The van der Waals surface area contributed by atoms with Gasteiger partial charge in [-0.3, -0.25) is 4.79 Å². The van der Waals surface area contributed by atoms with Gasteiger partial charge in [0.1, 0.15) is 0 Å². The topological polar surface area (TPSA) is 54.0 Å². The number of aryl methyl sites for hydroxylation is 1. The molecule has 0 fully saturated rings. The van der Waals surface area contributed by atoms with Crippen LogP contribution in [0.4, 0.5) is 5.69 Å². The molecule has 0 saturated heterocycles. The van der Waals surface area contributed by atoms with Crippen LogP contribution in [-0.2, 0) is 4.79 Å². The van der Waals surface area contributed by atoms with Crippen LogP contribution >= 0.6 is 35.5 Å². The normalized spacial score (nSPS) is 10.1. The minimum atomic E-state index is 0. The van der Waals surface area contributed by atoms with Crippen molar-refractivity contribution in [3.05, 3.63) is 35.3 Å². The molecule has 22 heavy (non-hydrogen) atoms. The zero-order chi connectivity index (χ0) is 15.1. The Labute approximate surface area is 145 Å². The number of amides is 1. The molecule has 0 radical (unpaired) electrons. The molecule has 2 rings (SSSR count). The Morgan fingerprint density at radius 1 is 1.32 bits per heavy atom. The molecule has 0 unspecified atom stereocenters. The first kappa shape index (κ1) is 19.0. The number of anilines is 1. The van der Waals surface area contributed by atoms with Gasteiger partial charge in [0.15, 0.2) is 4.34 Å². The summed E-state index contributed by atoms with van der Waals surface area (Å²) in [5, 5.41) is 7.98. The number of nitrogens with one attached hydrogen (secondary N) is 2. The van der Waals surface area contributed by atoms with Gasteiger partial charge in [-0.1, -0.05) is 11.8 Å². The second-order valence-corrected chi connectivity index (χ2v) is 6.82. The van der Waals surface area contributed by atoms with E-state index in [1.54, 1.807) is 23.1 Å². The molecule has 4 nitrogen and oxygen atoms in total. The van der Waals surface area contributed by atoms with Gasteiger partial charge < -0.3 is 10.6 Å². The second-order valence-electron chi connectivity index (χ2n) is 4.64. The highest BCUT2D eigenvalue weighted by atomic mass is 35.5. The quantitative estimate of drug-likeness (QED) is 0.736. The summed E-state index contributed by atoms with van der Waals surface area (Å²) < 4.78 is 1.04. The Balaban J connectivity index is 0.00000242. The van der Waals surface area contributed by atoms with Crippen LogP contribution in [0.15, 0.2) is 38.9 Å². The molecule has 0 aliphatic rings. The van der Waals surface area contributed by atoms with E-state index in [4.69, 9.17) is 0 Å². The number of carbonyl (C=O) groups is 1. The lowest BCUT2D eigenvalue weighted by Gasteiger charge is -2.06. The van der Waals surface area contributed by atoms with Crippen LogP contribution in [-0.4, -0.2) is 24.5 Å². The molecule has 120 valence electrons. The third-order valence-electron chi connectivity index (χ3n) is 2.77. The third-order valence-corrected chi connectivity index (χ3v) is 4.84. The average Bonchev–Trinajstić information content (AvgIpc) is 2.87. The van der Waals surface area contributed by atoms with Crippen LogP contribution in [0, 0.1) is 6.92 Å². The van der Waals surface area contributed by atoms with E-state index < -0.39 is 0 Å². The number of aromatic nitrogens is 1. The highest BCUT2D eigenvalue weighted by Gasteiger charge is 2.04. The summed E-state index contributed by atoms with van der Waals surface area (Å²) in [5.41, 5.74) is 1.89. The number of thiazole rings is 1. The van der Waals surface area contributed by atoms with Gasteiger partial charge in [-0.15, -0.1) is 23.7 Å². The number of hydrogen-bond donors (Lipinski definition) is 2. The molecule has 7 heteroatoms. The first-order valence-electron chi connectivity index (χ1n) is 6.82. The molecule has 0 aliphatic carbocycles. The van der Waals surface area contributed by atoms with Gasteiger partial charge in [0.2, 0.25) is 5.91 Å². The Hall–Kier alpha value is -1.08. The fourth-order valence-electron chi connectivity index (χ4n) is 1.74.